The van der Waals surface area contributed by atoms with Crippen LogP contribution in [0.4, 0.5) is 11.8 Å². The first-order valence-corrected chi connectivity index (χ1v) is 9.12. The van der Waals surface area contributed by atoms with E-state index in [1.807, 2.05) is 12.1 Å². The summed E-state index contributed by atoms with van der Waals surface area (Å²) in [7, 11) is 0. The van der Waals surface area contributed by atoms with Crippen molar-refractivity contribution in [3.63, 3.8) is 0 Å². The van der Waals surface area contributed by atoms with Crippen molar-refractivity contribution in [3.8, 4) is 11.8 Å². The Morgan fingerprint density at radius 2 is 2.21 bits per heavy atom. The third-order valence-electron chi connectivity index (χ3n) is 4.55. The summed E-state index contributed by atoms with van der Waals surface area (Å²) in [5.41, 5.74) is 6.83. The summed E-state index contributed by atoms with van der Waals surface area (Å²) in [6.07, 6.45) is 2.54. The molecule has 1 aliphatic heterocycles. The van der Waals surface area contributed by atoms with Crippen LogP contribution in [-0.2, 0) is 11.3 Å². The summed E-state index contributed by atoms with van der Waals surface area (Å²) in [6, 6.07) is 9.07. The molecule has 1 saturated heterocycles. The van der Waals surface area contributed by atoms with Gasteiger partial charge in [-0.05, 0) is 12.5 Å². The highest BCUT2D eigenvalue weighted by Gasteiger charge is 2.23. The molecule has 0 bridgehead atoms. The smallest absolute Gasteiger partial charge is 0.224 e. The van der Waals surface area contributed by atoms with E-state index in [0.29, 0.717) is 55.5 Å². The van der Waals surface area contributed by atoms with Crippen LogP contribution in [0.3, 0.4) is 0 Å². The van der Waals surface area contributed by atoms with E-state index < -0.39 is 0 Å². The summed E-state index contributed by atoms with van der Waals surface area (Å²) in [5, 5.41) is 25.1. The van der Waals surface area contributed by atoms with Gasteiger partial charge in [-0.15, -0.1) is 0 Å². The number of phenolic OH excluding ortho intramolecular Hbond substituents is 1. The van der Waals surface area contributed by atoms with E-state index in [2.05, 4.69) is 20.6 Å². The lowest BCUT2D eigenvalue weighted by molar-refractivity contribution is -0.129. The number of carbonyl (C=O) groups is 1. The number of nitriles is 1. The molecule has 1 amide bonds. The Morgan fingerprint density at radius 1 is 1.39 bits per heavy atom. The molecule has 1 aromatic carbocycles. The Balaban J connectivity index is 1.57. The van der Waals surface area contributed by atoms with Crippen molar-refractivity contribution in [1.82, 2.24) is 14.9 Å². The summed E-state index contributed by atoms with van der Waals surface area (Å²) < 4.78 is 0. The number of amides is 1. The highest BCUT2D eigenvalue weighted by atomic mass is 16.3. The fourth-order valence-electron chi connectivity index (χ4n) is 2.98. The number of aromatic nitrogens is 2. The van der Waals surface area contributed by atoms with Gasteiger partial charge in [-0.25, -0.2) is 4.98 Å². The van der Waals surface area contributed by atoms with Crippen molar-refractivity contribution in [2.24, 2.45) is 5.73 Å². The van der Waals surface area contributed by atoms with Crippen LogP contribution < -0.4 is 16.4 Å². The van der Waals surface area contributed by atoms with Crippen molar-refractivity contribution >= 4 is 17.7 Å². The van der Waals surface area contributed by atoms with Gasteiger partial charge in [0.05, 0.1) is 6.20 Å². The molecule has 1 aromatic heterocycles. The van der Waals surface area contributed by atoms with Crippen LogP contribution in [0.25, 0.3) is 0 Å². The van der Waals surface area contributed by atoms with Crippen LogP contribution >= 0.6 is 0 Å². The first-order valence-electron chi connectivity index (χ1n) is 9.12. The van der Waals surface area contributed by atoms with Gasteiger partial charge < -0.3 is 26.4 Å². The monoisotopic (exact) mass is 381 g/mol. The van der Waals surface area contributed by atoms with E-state index in [1.54, 1.807) is 23.1 Å². The van der Waals surface area contributed by atoms with Crippen molar-refractivity contribution in [2.75, 3.05) is 30.3 Å². The maximum absolute atomic E-state index is 12.2. The van der Waals surface area contributed by atoms with Crippen LogP contribution in [0.1, 0.15) is 24.0 Å². The number of hydrogen-bond acceptors (Lipinski definition) is 8. The van der Waals surface area contributed by atoms with Gasteiger partial charge in [0, 0.05) is 44.2 Å². The number of benzene rings is 1. The van der Waals surface area contributed by atoms with Crippen molar-refractivity contribution in [2.45, 2.75) is 25.4 Å². The Labute approximate surface area is 163 Å². The molecule has 0 aliphatic carbocycles. The molecular formula is C19H23N7O2. The van der Waals surface area contributed by atoms with Crippen molar-refractivity contribution in [3.05, 3.63) is 41.6 Å². The normalized spacial score (nSPS) is 15.9. The SMILES string of the molecule is N#Cc1cnc(NCc2ccccc2O)nc1NCCC(=O)N1CC[C@H](N)C1. The molecule has 1 atom stereocenters. The number of nitrogens with one attached hydrogen (secondary N) is 2. The molecule has 9 heteroatoms. The number of aromatic hydroxyl groups is 1. The second-order valence-electron chi connectivity index (χ2n) is 6.62. The molecule has 3 rings (SSSR count). The van der Waals surface area contributed by atoms with Crippen LogP contribution in [0.5, 0.6) is 5.75 Å². The van der Waals surface area contributed by atoms with Gasteiger partial charge in [0.25, 0.3) is 0 Å². The van der Waals surface area contributed by atoms with Gasteiger partial charge in [-0.3, -0.25) is 4.79 Å². The molecule has 1 aliphatic rings. The zero-order chi connectivity index (χ0) is 19.9. The van der Waals surface area contributed by atoms with E-state index in [1.165, 1.54) is 6.20 Å². The molecule has 0 radical (unpaired) electrons. The number of carbonyl (C=O) groups excluding carboxylic acids is 1. The third kappa shape index (κ3) is 4.86. The second-order valence-corrected chi connectivity index (χ2v) is 6.62. The summed E-state index contributed by atoms with van der Waals surface area (Å²) in [4.78, 5) is 22.4. The molecular weight excluding hydrogens is 358 g/mol. The molecule has 9 nitrogen and oxygen atoms in total. The molecule has 2 heterocycles. The van der Waals surface area contributed by atoms with E-state index in [9.17, 15) is 15.2 Å². The van der Waals surface area contributed by atoms with Crippen molar-refractivity contribution in [1.29, 1.82) is 5.26 Å². The van der Waals surface area contributed by atoms with Crippen LogP contribution in [0.15, 0.2) is 30.5 Å². The van der Waals surface area contributed by atoms with Gasteiger partial charge in [0.1, 0.15) is 23.2 Å². The molecule has 2 aromatic rings. The number of para-hydroxylation sites is 1. The van der Waals surface area contributed by atoms with Gasteiger partial charge in [-0.2, -0.15) is 10.2 Å². The standard InChI is InChI=1S/C19H23N7O2/c20-9-14-11-24-19(23-10-13-3-1-2-4-16(13)27)25-18(14)22-7-5-17(28)26-8-6-15(21)12-26/h1-4,11,15,27H,5-8,10,12,21H2,(H2,22,23,24,25)/t15-/m0/s1. The molecule has 0 spiro atoms. The quantitative estimate of drug-likeness (QED) is 0.557. The number of phenols is 1. The predicted molar refractivity (Wildman–Crippen MR) is 104 cm³/mol. The maximum Gasteiger partial charge on any atom is 0.224 e. The number of anilines is 2. The van der Waals surface area contributed by atoms with Gasteiger partial charge in [0.15, 0.2) is 0 Å². The lowest BCUT2D eigenvalue weighted by Gasteiger charge is -2.16. The van der Waals surface area contributed by atoms with E-state index in [-0.39, 0.29) is 17.7 Å². The largest absolute Gasteiger partial charge is 0.508 e. The summed E-state index contributed by atoms with van der Waals surface area (Å²) >= 11 is 0. The minimum Gasteiger partial charge on any atom is -0.508 e. The number of nitrogens with two attached hydrogens (primary N) is 1. The highest BCUT2D eigenvalue weighted by molar-refractivity contribution is 5.77. The molecule has 146 valence electrons. The topological polar surface area (TPSA) is 140 Å². The number of nitrogens with zero attached hydrogens (tertiary/aromatic N) is 4. The average molecular weight is 381 g/mol. The van der Waals surface area contributed by atoms with Crippen LogP contribution in [-0.4, -0.2) is 51.6 Å². The fraction of sp³-hybridized carbons (Fsp3) is 0.368. The van der Waals surface area contributed by atoms with Crippen LogP contribution in [0, 0.1) is 11.3 Å². The summed E-state index contributed by atoms with van der Waals surface area (Å²) in [6.45, 7) is 1.98. The molecule has 5 N–H and O–H groups in total. The van der Waals surface area contributed by atoms with Gasteiger partial charge in [0.2, 0.25) is 11.9 Å². The van der Waals surface area contributed by atoms with Crippen molar-refractivity contribution < 1.29 is 9.90 Å². The fourth-order valence-corrected chi connectivity index (χ4v) is 2.98. The first kappa shape index (κ1) is 19.4. The third-order valence-corrected chi connectivity index (χ3v) is 4.55. The summed E-state index contributed by atoms with van der Waals surface area (Å²) in [5.74, 6) is 0.901. The highest BCUT2D eigenvalue weighted by Crippen LogP contribution is 2.18. The average Bonchev–Trinajstić information content (AvgIpc) is 3.14. The number of rotatable bonds is 7. The minimum atomic E-state index is 0.0333. The van der Waals surface area contributed by atoms with E-state index in [4.69, 9.17) is 5.73 Å². The Bertz CT molecular complexity index is 881. The lowest BCUT2D eigenvalue weighted by atomic mass is 10.2. The van der Waals surface area contributed by atoms with Gasteiger partial charge in [-0.1, -0.05) is 18.2 Å². The minimum absolute atomic E-state index is 0.0333. The maximum atomic E-state index is 12.2. The predicted octanol–water partition coefficient (Wildman–Crippen LogP) is 1.03. The van der Waals surface area contributed by atoms with E-state index >= 15 is 0 Å². The zero-order valence-electron chi connectivity index (χ0n) is 15.4. The Morgan fingerprint density at radius 3 is 2.93 bits per heavy atom. The molecule has 0 unspecified atom stereocenters. The zero-order valence-corrected chi connectivity index (χ0v) is 15.4. The Kier molecular flexibility index (Phi) is 6.24. The number of hydrogen-bond donors (Lipinski definition) is 4. The van der Waals surface area contributed by atoms with Gasteiger partial charge >= 0.3 is 0 Å². The van der Waals surface area contributed by atoms with E-state index in [0.717, 1.165) is 6.42 Å². The number of likely N-dealkylation sites (tertiary alicyclic amines) is 1. The van der Waals surface area contributed by atoms with Crippen LogP contribution in [0.2, 0.25) is 0 Å². The second kappa shape index (κ2) is 9.01. The Hall–Kier alpha value is -3.38. The molecule has 0 saturated carbocycles. The lowest BCUT2D eigenvalue weighted by Crippen LogP contribution is -2.32. The molecule has 28 heavy (non-hydrogen) atoms. The first-order chi connectivity index (χ1) is 13.6. The molecule has 1 fully saturated rings.